The number of anilines is 1. The SMILES string of the molecule is CCN(CC)C(CNC(=O)CSc1nnc(N)s1)c1ccco1. The molecule has 0 saturated heterocycles. The number of likely N-dealkylation sites (N-methyl/N-ethyl adjacent to an activating group) is 1. The van der Waals surface area contributed by atoms with Crippen LogP contribution >= 0.6 is 23.1 Å². The molecule has 0 aliphatic rings. The molecule has 7 nitrogen and oxygen atoms in total. The first kappa shape index (κ1) is 17.8. The van der Waals surface area contributed by atoms with E-state index in [9.17, 15) is 4.79 Å². The molecule has 0 aliphatic carbocycles. The van der Waals surface area contributed by atoms with Crippen molar-refractivity contribution in [3.8, 4) is 0 Å². The third-order valence-electron chi connectivity index (χ3n) is 3.37. The number of thioether (sulfide) groups is 1. The van der Waals surface area contributed by atoms with E-state index in [1.54, 1.807) is 6.26 Å². The molecule has 0 bridgehead atoms. The summed E-state index contributed by atoms with van der Waals surface area (Å²) >= 11 is 2.61. The summed E-state index contributed by atoms with van der Waals surface area (Å²) < 4.78 is 6.21. The minimum atomic E-state index is -0.0486. The number of nitrogens with zero attached hydrogens (tertiary/aromatic N) is 3. The van der Waals surface area contributed by atoms with Crippen molar-refractivity contribution in [1.29, 1.82) is 0 Å². The van der Waals surface area contributed by atoms with Crippen LogP contribution in [0.4, 0.5) is 5.13 Å². The Morgan fingerprint density at radius 2 is 2.26 bits per heavy atom. The van der Waals surface area contributed by atoms with Crippen LogP contribution in [0.3, 0.4) is 0 Å². The normalized spacial score (nSPS) is 12.5. The zero-order chi connectivity index (χ0) is 16.7. The van der Waals surface area contributed by atoms with Crippen LogP contribution in [0.5, 0.6) is 0 Å². The van der Waals surface area contributed by atoms with Crippen LogP contribution in [0.15, 0.2) is 27.2 Å². The third-order valence-corrected chi connectivity index (χ3v) is 5.25. The first-order valence-electron chi connectivity index (χ1n) is 7.40. The molecule has 0 aliphatic heterocycles. The third kappa shape index (κ3) is 5.22. The summed E-state index contributed by atoms with van der Waals surface area (Å²) in [5, 5.41) is 11.0. The topological polar surface area (TPSA) is 97.3 Å². The summed E-state index contributed by atoms with van der Waals surface area (Å²) in [4.78, 5) is 14.3. The summed E-state index contributed by atoms with van der Waals surface area (Å²) in [5.41, 5.74) is 5.52. The lowest BCUT2D eigenvalue weighted by Crippen LogP contribution is -2.38. The van der Waals surface area contributed by atoms with Crippen LogP contribution in [0.2, 0.25) is 0 Å². The number of hydrogen-bond acceptors (Lipinski definition) is 8. The molecule has 2 heterocycles. The molecule has 2 aromatic heterocycles. The molecule has 2 rings (SSSR count). The Morgan fingerprint density at radius 3 is 2.83 bits per heavy atom. The summed E-state index contributed by atoms with van der Waals surface area (Å²) in [6.07, 6.45) is 1.66. The molecule has 23 heavy (non-hydrogen) atoms. The fourth-order valence-electron chi connectivity index (χ4n) is 2.22. The monoisotopic (exact) mass is 355 g/mol. The molecular formula is C14H21N5O2S2. The number of rotatable bonds is 9. The molecule has 0 saturated carbocycles. The van der Waals surface area contributed by atoms with E-state index in [2.05, 4.69) is 34.3 Å². The maximum atomic E-state index is 12.0. The van der Waals surface area contributed by atoms with Gasteiger partial charge >= 0.3 is 0 Å². The Bertz CT molecular complexity index is 598. The van der Waals surface area contributed by atoms with E-state index in [-0.39, 0.29) is 17.7 Å². The second kappa shape index (κ2) is 8.90. The Balaban J connectivity index is 1.86. The van der Waals surface area contributed by atoms with Gasteiger partial charge in [-0.3, -0.25) is 9.69 Å². The molecule has 3 N–H and O–H groups in total. The lowest BCUT2D eigenvalue weighted by Gasteiger charge is -2.28. The zero-order valence-corrected chi connectivity index (χ0v) is 14.8. The number of carbonyl (C=O) groups is 1. The van der Waals surface area contributed by atoms with Gasteiger partial charge in [-0.25, -0.2) is 0 Å². The smallest absolute Gasteiger partial charge is 0.230 e. The molecule has 126 valence electrons. The van der Waals surface area contributed by atoms with Gasteiger partial charge in [0.05, 0.1) is 18.1 Å². The van der Waals surface area contributed by atoms with Gasteiger partial charge in [0.15, 0.2) is 4.34 Å². The van der Waals surface area contributed by atoms with E-state index >= 15 is 0 Å². The van der Waals surface area contributed by atoms with Crippen LogP contribution in [0.25, 0.3) is 0 Å². The fourth-order valence-corrected chi connectivity index (χ4v) is 3.69. The zero-order valence-electron chi connectivity index (χ0n) is 13.2. The molecule has 0 spiro atoms. The average Bonchev–Trinajstić information content (AvgIpc) is 3.21. The maximum Gasteiger partial charge on any atom is 0.230 e. The van der Waals surface area contributed by atoms with Crippen molar-refractivity contribution in [3.63, 3.8) is 0 Å². The van der Waals surface area contributed by atoms with E-state index in [4.69, 9.17) is 10.2 Å². The van der Waals surface area contributed by atoms with Gasteiger partial charge < -0.3 is 15.5 Å². The lowest BCUT2D eigenvalue weighted by molar-refractivity contribution is -0.118. The molecule has 1 unspecified atom stereocenters. The van der Waals surface area contributed by atoms with Gasteiger partial charge in [0.1, 0.15) is 5.76 Å². The first-order chi connectivity index (χ1) is 11.1. The van der Waals surface area contributed by atoms with Gasteiger partial charge in [-0.1, -0.05) is 36.9 Å². The van der Waals surface area contributed by atoms with Gasteiger partial charge in [-0.05, 0) is 25.2 Å². The largest absolute Gasteiger partial charge is 0.468 e. The van der Waals surface area contributed by atoms with Crippen molar-refractivity contribution >= 4 is 34.1 Å². The van der Waals surface area contributed by atoms with Crippen molar-refractivity contribution < 1.29 is 9.21 Å². The Hall–Kier alpha value is -1.58. The minimum Gasteiger partial charge on any atom is -0.468 e. The van der Waals surface area contributed by atoms with Crippen LogP contribution in [-0.2, 0) is 4.79 Å². The number of nitrogen functional groups attached to an aromatic ring is 1. The first-order valence-corrected chi connectivity index (χ1v) is 9.20. The van der Waals surface area contributed by atoms with Crippen molar-refractivity contribution in [2.45, 2.75) is 24.2 Å². The van der Waals surface area contributed by atoms with Gasteiger partial charge in [0.2, 0.25) is 11.0 Å². The van der Waals surface area contributed by atoms with Crippen LogP contribution in [-0.4, -0.2) is 46.4 Å². The van der Waals surface area contributed by atoms with Crippen molar-refractivity contribution in [2.24, 2.45) is 0 Å². The molecule has 0 radical (unpaired) electrons. The fraction of sp³-hybridized carbons (Fsp3) is 0.500. The predicted octanol–water partition coefficient (Wildman–Crippen LogP) is 2.00. The summed E-state index contributed by atoms with van der Waals surface area (Å²) in [7, 11) is 0. The maximum absolute atomic E-state index is 12.0. The van der Waals surface area contributed by atoms with Crippen LogP contribution in [0, 0.1) is 0 Å². The highest BCUT2D eigenvalue weighted by Gasteiger charge is 2.21. The Labute approximate surface area is 143 Å². The molecule has 1 amide bonds. The number of aromatic nitrogens is 2. The molecular weight excluding hydrogens is 334 g/mol. The van der Waals surface area contributed by atoms with Crippen molar-refractivity contribution in [2.75, 3.05) is 31.1 Å². The van der Waals surface area contributed by atoms with Gasteiger partial charge in [0.25, 0.3) is 0 Å². The lowest BCUT2D eigenvalue weighted by atomic mass is 10.2. The van der Waals surface area contributed by atoms with E-state index in [1.807, 2.05) is 12.1 Å². The number of amides is 1. The summed E-state index contributed by atoms with van der Waals surface area (Å²) in [5.74, 6) is 1.10. The number of hydrogen-bond donors (Lipinski definition) is 2. The van der Waals surface area contributed by atoms with Gasteiger partial charge in [-0.2, -0.15) is 0 Å². The van der Waals surface area contributed by atoms with E-state index in [0.29, 0.717) is 16.0 Å². The van der Waals surface area contributed by atoms with E-state index in [1.165, 1.54) is 23.1 Å². The minimum absolute atomic E-state index is 0.0334. The number of furan rings is 1. The van der Waals surface area contributed by atoms with Gasteiger partial charge in [-0.15, -0.1) is 10.2 Å². The molecule has 0 aromatic carbocycles. The van der Waals surface area contributed by atoms with Crippen LogP contribution < -0.4 is 11.1 Å². The standard InChI is InChI=1S/C14H21N5O2S2/c1-3-19(4-2)10(11-6-5-7-21-11)8-16-12(20)9-22-14-18-17-13(15)23-14/h5-7,10H,3-4,8-9H2,1-2H3,(H2,15,17)(H,16,20). The predicted molar refractivity (Wildman–Crippen MR) is 92.4 cm³/mol. The van der Waals surface area contributed by atoms with E-state index < -0.39 is 0 Å². The number of nitrogens with one attached hydrogen (secondary N) is 1. The van der Waals surface area contributed by atoms with Crippen LogP contribution in [0.1, 0.15) is 25.6 Å². The van der Waals surface area contributed by atoms with Crippen molar-refractivity contribution in [3.05, 3.63) is 24.2 Å². The number of carbonyl (C=O) groups excluding carboxylic acids is 1. The highest BCUT2D eigenvalue weighted by Crippen LogP contribution is 2.23. The molecule has 1 atom stereocenters. The molecule has 0 fully saturated rings. The van der Waals surface area contributed by atoms with Gasteiger partial charge in [0, 0.05) is 6.54 Å². The second-order valence-corrected chi connectivity index (χ2v) is 6.98. The Morgan fingerprint density at radius 1 is 1.48 bits per heavy atom. The van der Waals surface area contributed by atoms with E-state index in [0.717, 1.165) is 18.8 Å². The molecule has 2 aromatic rings. The van der Waals surface area contributed by atoms with Crippen molar-refractivity contribution in [1.82, 2.24) is 20.4 Å². The Kier molecular flexibility index (Phi) is 6.87. The quantitative estimate of drug-likeness (QED) is 0.664. The number of nitrogens with two attached hydrogens (primary N) is 1. The summed E-state index contributed by atoms with van der Waals surface area (Å²) in [6, 6.07) is 3.84. The summed E-state index contributed by atoms with van der Waals surface area (Å²) in [6.45, 7) is 6.47. The highest BCUT2D eigenvalue weighted by atomic mass is 32.2. The molecule has 9 heteroatoms. The second-order valence-electron chi connectivity index (χ2n) is 4.75. The highest BCUT2D eigenvalue weighted by molar-refractivity contribution is 8.01. The average molecular weight is 355 g/mol.